The summed E-state index contributed by atoms with van der Waals surface area (Å²) in [5.74, 6) is 1.78. The van der Waals surface area contributed by atoms with Crippen molar-refractivity contribution < 1.29 is 4.42 Å². The van der Waals surface area contributed by atoms with Crippen molar-refractivity contribution in [2.75, 3.05) is 0 Å². The van der Waals surface area contributed by atoms with E-state index < -0.39 is 0 Å². The van der Waals surface area contributed by atoms with Crippen LogP contribution in [-0.2, 0) is 5.75 Å². The van der Waals surface area contributed by atoms with Gasteiger partial charge in [-0.3, -0.25) is 0 Å². The molecule has 1 aromatic heterocycles. The normalized spacial score (nSPS) is 10.0. The number of thioether (sulfide) groups is 1. The molecule has 1 heterocycles. The van der Waals surface area contributed by atoms with Crippen molar-refractivity contribution in [3.63, 3.8) is 0 Å². The maximum atomic E-state index is 8.82. The number of furan rings is 1. The number of benzene rings is 1. The molecule has 2 nitrogen and oxygen atoms in total. The van der Waals surface area contributed by atoms with Gasteiger partial charge >= 0.3 is 0 Å². The lowest BCUT2D eigenvalue weighted by Crippen LogP contribution is -1.83. The van der Waals surface area contributed by atoms with Crippen LogP contribution in [-0.4, -0.2) is 0 Å². The zero-order valence-electron chi connectivity index (χ0n) is 8.93. The van der Waals surface area contributed by atoms with Crippen LogP contribution in [0.5, 0.6) is 0 Å². The number of rotatable bonds is 3. The van der Waals surface area contributed by atoms with E-state index in [0.717, 1.165) is 27.5 Å². The Hall–Kier alpha value is -1.66. The summed E-state index contributed by atoms with van der Waals surface area (Å²) in [6.07, 6.45) is 1.68. The van der Waals surface area contributed by atoms with Crippen LogP contribution in [0.2, 0.25) is 0 Å². The first-order chi connectivity index (χ1) is 7.79. The van der Waals surface area contributed by atoms with E-state index in [2.05, 4.69) is 6.07 Å². The molecule has 0 aliphatic carbocycles. The smallest absolute Gasteiger partial charge is 0.113 e. The second-order valence-corrected chi connectivity index (χ2v) is 4.51. The molecule has 3 heteroatoms. The lowest BCUT2D eigenvalue weighted by atomic mass is 10.1. The summed E-state index contributed by atoms with van der Waals surface area (Å²) in [7, 11) is 0. The molecular formula is C13H11NOS. The van der Waals surface area contributed by atoms with Crippen molar-refractivity contribution in [1.82, 2.24) is 0 Å². The van der Waals surface area contributed by atoms with Gasteiger partial charge in [0.2, 0.25) is 0 Å². The molecule has 0 amide bonds. The van der Waals surface area contributed by atoms with Crippen LogP contribution >= 0.6 is 11.8 Å². The highest BCUT2D eigenvalue weighted by molar-refractivity contribution is 7.98. The Balaban J connectivity index is 2.06. The second kappa shape index (κ2) is 4.91. The summed E-state index contributed by atoms with van der Waals surface area (Å²) in [5.41, 5.74) is 1.76. The maximum absolute atomic E-state index is 8.82. The molecular weight excluding hydrogens is 218 g/mol. The van der Waals surface area contributed by atoms with Crippen LogP contribution in [0.15, 0.2) is 45.9 Å². The molecule has 0 aliphatic heterocycles. The second-order valence-electron chi connectivity index (χ2n) is 3.46. The Bertz CT molecular complexity index is 511. The van der Waals surface area contributed by atoms with Gasteiger partial charge < -0.3 is 4.42 Å². The highest BCUT2D eigenvalue weighted by Gasteiger charge is 2.01. The van der Waals surface area contributed by atoms with Gasteiger partial charge in [-0.1, -0.05) is 0 Å². The number of aryl methyl sites for hydroxylation is 1. The zero-order chi connectivity index (χ0) is 11.4. The quantitative estimate of drug-likeness (QED) is 0.752. The van der Waals surface area contributed by atoms with Crippen molar-refractivity contribution in [3.05, 3.63) is 53.5 Å². The van der Waals surface area contributed by atoms with Crippen LogP contribution < -0.4 is 0 Å². The molecule has 0 unspecified atom stereocenters. The third kappa shape index (κ3) is 2.47. The van der Waals surface area contributed by atoms with Gasteiger partial charge in [0.25, 0.3) is 0 Å². The molecule has 0 aliphatic rings. The molecule has 0 saturated heterocycles. The molecule has 2 aromatic rings. The minimum atomic E-state index is 0.738. The van der Waals surface area contributed by atoms with Crippen molar-refractivity contribution in [2.24, 2.45) is 0 Å². The van der Waals surface area contributed by atoms with Crippen LogP contribution in [0.4, 0.5) is 0 Å². The van der Waals surface area contributed by atoms with E-state index in [-0.39, 0.29) is 0 Å². The molecule has 0 spiro atoms. The average Bonchev–Trinajstić information content (AvgIpc) is 2.79. The number of nitrogens with zero attached hydrogens (tertiary/aromatic N) is 1. The Morgan fingerprint density at radius 2 is 2.25 bits per heavy atom. The molecule has 0 atom stereocenters. The Labute approximate surface area is 98.9 Å². The van der Waals surface area contributed by atoms with Crippen LogP contribution in [0.3, 0.4) is 0 Å². The van der Waals surface area contributed by atoms with Gasteiger partial charge in [-0.05, 0) is 42.8 Å². The van der Waals surface area contributed by atoms with Crippen LogP contribution in [0.1, 0.15) is 16.9 Å². The first-order valence-corrected chi connectivity index (χ1v) is 5.94. The number of nitriles is 1. The third-order valence-corrected chi connectivity index (χ3v) is 3.30. The standard InChI is InChI=1S/C13H11NOS/c1-10-7-13(5-4-11(10)8-14)16-9-12-3-2-6-15-12/h2-7H,9H2,1H3. The fourth-order valence-electron chi connectivity index (χ4n) is 1.40. The fraction of sp³-hybridized carbons (Fsp3) is 0.154. The lowest BCUT2D eigenvalue weighted by Gasteiger charge is -2.02. The Morgan fingerprint density at radius 3 is 2.88 bits per heavy atom. The Kier molecular flexibility index (Phi) is 3.33. The molecule has 1 aromatic carbocycles. The van der Waals surface area contributed by atoms with Gasteiger partial charge in [-0.15, -0.1) is 11.8 Å². The summed E-state index contributed by atoms with van der Waals surface area (Å²) < 4.78 is 5.26. The maximum Gasteiger partial charge on any atom is 0.113 e. The topological polar surface area (TPSA) is 36.9 Å². The van der Waals surface area contributed by atoms with Gasteiger partial charge in [0.1, 0.15) is 5.76 Å². The van der Waals surface area contributed by atoms with E-state index in [1.165, 1.54) is 0 Å². The molecule has 80 valence electrons. The molecule has 16 heavy (non-hydrogen) atoms. The van der Waals surface area contributed by atoms with Crippen molar-refractivity contribution in [2.45, 2.75) is 17.6 Å². The van der Waals surface area contributed by atoms with E-state index in [4.69, 9.17) is 9.68 Å². The number of hydrogen-bond donors (Lipinski definition) is 0. The van der Waals surface area contributed by atoms with Crippen molar-refractivity contribution in [1.29, 1.82) is 5.26 Å². The predicted octanol–water partition coefficient (Wildman–Crippen LogP) is 3.75. The highest BCUT2D eigenvalue weighted by atomic mass is 32.2. The van der Waals surface area contributed by atoms with Crippen LogP contribution in [0, 0.1) is 18.3 Å². The summed E-state index contributed by atoms with van der Waals surface area (Å²) in [4.78, 5) is 1.16. The van der Waals surface area contributed by atoms with E-state index in [0.29, 0.717) is 0 Å². The predicted molar refractivity (Wildman–Crippen MR) is 64.2 cm³/mol. The molecule has 0 saturated carbocycles. The molecule has 0 N–H and O–H groups in total. The molecule has 2 rings (SSSR count). The van der Waals surface area contributed by atoms with E-state index in [1.807, 2.05) is 37.3 Å². The number of hydrogen-bond acceptors (Lipinski definition) is 3. The Morgan fingerprint density at radius 1 is 1.38 bits per heavy atom. The SMILES string of the molecule is Cc1cc(SCc2ccco2)ccc1C#N. The van der Waals surface area contributed by atoms with Crippen LogP contribution in [0.25, 0.3) is 0 Å². The van der Waals surface area contributed by atoms with E-state index >= 15 is 0 Å². The summed E-state index contributed by atoms with van der Waals surface area (Å²) in [6.45, 7) is 1.95. The summed E-state index contributed by atoms with van der Waals surface area (Å²) in [6, 6.07) is 11.9. The minimum absolute atomic E-state index is 0.738. The van der Waals surface area contributed by atoms with Gasteiger partial charge in [-0.2, -0.15) is 5.26 Å². The zero-order valence-corrected chi connectivity index (χ0v) is 9.75. The van der Waals surface area contributed by atoms with Crippen molar-refractivity contribution in [3.8, 4) is 6.07 Å². The fourth-order valence-corrected chi connectivity index (χ4v) is 2.30. The van der Waals surface area contributed by atoms with Gasteiger partial charge in [0.15, 0.2) is 0 Å². The monoisotopic (exact) mass is 229 g/mol. The van der Waals surface area contributed by atoms with Crippen molar-refractivity contribution >= 4 is 11.8 Å². The average molecular weight is 229 g/mol. The van der Waals surface area contributed by atoms with Gasteiger partial charge in [0, 0.05) is 4.90 Å². The summed E-state index contributed by atoms with van der Waals surface area (Å²) in [5, 5.41) is 8.82. The summed E-state index contributed by atoms with van der Waals surface area (Å²) >= 11 is 1.71. The van der Waals surface area contributed by atoms with Gasteiger partial charge in [0.05, 0.1) is 23.6 Å². The largest absolute Gasteiger partial charge is 0.468 e. The van der Waals surface area contributed by atoms with E-state index in [9.17, 15) is 0 Å². The molecule has 0 radical (unpaired) electrons. The molecule has 0 bridgehead atoms. The highest BCUT2D eigenvalue weighted by Crippen LogP contribution is 2.24. The first-order valence-electron chi connectivity index (χ1n) is 4.95. The lowest BCUT2D eigenvalue weighted by molar-refractivity contribution is 0.530. The van der Waals surface area contributed by atoms with E-state index in [1.54, 1.807) is 18.0 Å². The van der Waals surface area contributed by atoms with Gasteiger partial charge in [-0.25, -0.2) is 0 Å². The third-order valence-electron chi connectivity index (χ3n) is 2.28. The molecule has 0 fully saturated rings. The first kappa shape index (κ1) is 10.8. The minimum Gasteiger partial charge on any atom is -0.468 e.